The first-order valence-electron chi connectivity index (χ1n) is 10.4. The lowest BCUT2D eigenvalue weighted by Crippen LogP contribution is -2.43. The van der Waals surface area contributed by atoms with Crippen LogP contribution in [-0.4, -0.2) is 12.5 Å². The molecular weight excluding hydrogens is 372 g/mol. The summed E-state index contributed by atoms with van der Waals surface area (Å²) < 4.78 is 5.57. The van der Waals surface area contributed by atoms with Crippen LogP contribution >= 0.6 is 0 Å². The maximum absolute atomic E-state index is 13.5. The van der Waals surface area contributed by atoms with Crippen molar-refractivity contribution < 1.29 is 9.53 Å². The monoisotopic (exact) mass is 400 g/mol. The first-order chi connectivity index (χ1) is 14.4. The standard InChI is InChI=1S/C26H28N2O2/c1-5-30-21-16-14-20(15-17-21)28-24(18-10-12-19(13-11-18)26(2,3)4)27-23-9-7-6-8-22(23)25(28)29/h6-17,24,27H,5H2,1-4H3/t24-/m0/s1. The minimum Gasteiger partial charge on any atom is -0.494 e. The minimum absolute atomic E-state index is 0.0154. The second kappa shape index (κ2) is 7.86. The van der Waals surface area contributed by atoms with E-state index in [-0.39, 0.29) is 17.5 Å². The average Bonchev–Trinajstić information content (AvgIpc) is 2.74. The average molecular weight is 401 g/mol. The highest BCUT2D eigenvalue weighted by molar-refractivity contribution is 6.12. The quantitative estimate of drug-likeness (QED) is 0.571. The molecule has 0 unspecified atom stereocenters. The molecule has 0 radical (unpaired) electrons. The molecule has 4 nitrogen and oxygen atoms in total. The molecule has 154 valence electrons. The number of amides is 1. The van der Waals surface area contributed by atoms with E-state index in [1.807, 2.05) is 60.4 Å². The number of fused-ring (bicyclic) bond motifs is 1. The first-order valence-corrected chi connectivity index (χ1v) is 10.4. The van der Waals surface area contributed by atoms with Crippen molar-refractivity contribution in [1.29, 1.82) is 0 Å². The Morgan fingerprint density at radius 2 is 1.60 bits per heavy atom. The van der Waals surface area contributed by atoms with Crippen molar-refractivity contribution in [2.75, 3.05) is 16.8 Å². The van der Waals surface area contributed by atoms with Crippen LogP contribution in [-0.2, 0) is 5.41 Å². The predicted octanol–water partition coefficient (Wildman–Crippen LogP) is 6.15. The van der Waals surface area contributed by atoms with Crippen LogP contribution < -0.4 is 15.0 Å². The van der Waals surface area contributed by atoms with Crippen LogP contribution in [0.15, 0.2) is 72.8 Å². The van der Waals surface area contributed by atoms with Gasteiger partial charge in [0.05, 0.1) is 12.2 Å². The smallest absolute Gasteiger partial charge is 0.262 e. The van der Waals surface area contributed by atoms with Crippen LogP contribution in [0.5, 0.6) is 5.75 Å². The van der Waals surface area contributed by atoms with Crippen molar-refractivity contribution >= 4 is 17.3 Å². The number of benzene rings is 3. The van der Waals surface area contributed by atoms with E-state index in [2.05, 4.69) is 50.4 Å². The molecule has 1 atom stereocenters. The van der Waals surface area contributed by atoms with E-state index in [1.165, 1.54) is 5.56 Å². The number of nitrogens with zero attached hydrogens (tertiary/aromatic N) is 1. The van der Waals surface area contributed by atoms with Gasteiger partial charge in [-0.2, -0.15) is 0 Å². The molecule has 0 fully saturated rings. The fraction of sp³-hybridized carbons (Fsp3) is 0.269. The Labute approximate surface area is 178 Å². The van der Waals surface area contributed by atoms with Gasteiger partial charge in [0.2, 0.25) is 0 Å². The fourth-order valence-electron chi connectivity index (χ4n) is 3.79. The van der Waals surface area contributed by atoms with Crippen molar-refractivity contribution in [1.82, 2.24) is 0 Å². The number of ether oxygens (including phenoxy) is 1. The summed E-state index contributed by atoms with van der Waals surface area (Å²) in [5.74, 6) is 0.781. The summed E-state index contributed by atoms with van der Waals surface area (Å²) in [4.78, 5) is 15.3. The number of nitrogens with one attached hydrogen (secondary N) is 1. The van der Waals surface area contributed by atoms with E-state index in [0.717, 1.165) is 22.7 Å². The van der Waals surface area contributed by atoms with Gasteiger partial charge < -0.3 is 10.1 Å². The van der Waals surface area contributed by atoms with Crippen LogP contribution in [0.3, 0.4) is 0 Å². The van der Waals surface area contributed by atoms with Crippen LogP contribution in [0.2, 0.25) is 0 Å². The molecule has 3 aromatic rings. The van der Waals surface area contributed by atoms with E-state index in [9.17, 15) is 4.79 Å². The highest BCUT2D eigenvalue weighted by Gasteiger charge is 2.34. The zero-order valence-electron chi connectivity index (χ0n) is 18.0. The number of rotatable bonds is 4. The van der Waals surface area contributed by atoms with Crippen molar-refractivity contribution in [2.45, 2.75) is 39.3 Å². The Kier molecular flexibility index (Phi) is 5.25. The molecule has 4 rings (SSSR count). The Hall–Kier alpha value is -3.27. The number of para-hydroxylation sites is 1. The molecule has 1 aliphatic rings. The topological polar surface area (TPSA) is 41.6 Å². The highest BCUT2D eigenvalue weighted by atomic mass is 16.5. The van der Waals surface area contributed by atoms with Gasteiger partial charge in [-0.3, -0.25) is 9.69 Å². The van der Waals surface area contributed by atoms with Gasteiger partial charge >= 0.3 is 0 Å². The van der Waals surface area contributed by atoms with E-state index in [1.54, 1.807) is 0 Å². The summed E-state index contributed by atoms with van der Waals surface area (Å²) >= 11 is 0. The van der Waals surface area contributed by atoms with Crippen LogP contribution in [0.4, 0.5) is 11.4 Å². The lowest BCUT2D eigenvalue weighted by molar-refractivity contribution is 0.0975. The van der Waals surface area contributed by atoms with E-state index >= 15 is 0 Å². The molecule has 0 bridgehead atoms. The fourth-order valence-corrected chi connectivity index (χ4v) is 3.79. The maximum atomic E-state index is 13.5. The van der Waals surface area contributed by atoms with Crippen LogP contribution in [0, 0.1) is 0 Å². The van der Waals surface area contributed by atoms with Crippen molar-refractivity contribution in [2.24, 2.45) is 0 Å². The molecular formula is C26H28N2O2. The summed E-state index contributed by atoms with van der Waals surface area (Å²) in [5.41, 5.74) is 4.75. The zero-order chi connectivity index (χ0) is 21.3. The third-order valence-corrected chi connectivity index (χ3v) is 5.45. The summed E-state index contributed by atoms with van der Waals surface area (Å²) in [6, 6.07) is 23.9. The van der Waals surface area contributed by atoms with Gasteiger partial charge in [-0.15, -0.1) is 0 Å². The first kappa shape index (κ1) is 20.0. The van der Waals surface area contributed by atoms with Gasteiger partial charge in [-0.05, 0) is 59.9 Å². The van der Waals surface area contributed by atoms with Crippen molar-refractivity contribution in [3.63, 3.8) is 0 Å². The second-order valence-corrected chi connectivity index (χ2v) is 8.57. The van der Waals surface area contributed by atoms with Gasteiger partial charge in [0.1, 0.15) is 11.9 Å². The van der Waals surface area contributed by atoms with Crippen molar-refractivity contribution in [3.8, 4) is 5.75 Å². The number of carbonyl (C=O) groups is 1. The molecule has 4 heteroatoms. The Bertz CT molecular complexity index is 1030. The molecule has 0 aliphatic carbocycles. The minimum atomic E-state index is -0.292. The van der Waals surface area contributed by atoms with E-state index in [0.29, 0.717) is 12.2 Å². The molecule has 0 saturated carbocycles. The molecule has 3 aromatic carbocycles. The van der Waals surface area contributed by atoms with Crippen LogP contribution in [0.25, 0.3) is 0 Å². The third kappa shape index (κ3) is 3.78. The lowest BCUT2D eigenvalue weighted by Gasteiger charge is -2.38. The molecule has 1 N–H and O–H groups in total. The number of carbonyl (C=O) groups excluding carboxylic acids is 1. The van der Waals surface area contributed by atoms with Gasteiger partial charge in [0.25, 0.3) is 5.91 Å². The molecule has 0 saturated heterocycles. The summed E-state index contributed by atoms with van der Waals surface area (Å²) in [7, 11) is 0. The Balaban J connectivity index is 1.76. The van der Waals surface area contributed by atoms with Crippen LogP contribution in [0.1, 0.15) is 55.3 Å². The molecule has 30 heavy (non-hydrogen) atoms. The van der Waals surface area contributed by atoms with Gasteiger partial charge in [-0.25, -0.2) is 0 Å². The molecule has 0 spiro atoms. The number of hydrogen-bond donors (Lipinski definition) is 1. The molecule has 1 amide bonds. The predicted molar refractivity (Wildman–Crippen MR) is 122 cm³/mol. The Morgan fingerprint density at radius 1 is 0.933 bits per heavy atom. The van der Waals surface area contributed by atoms with Gasteiger partial charge in [-0.1, -0.05) is 57.2 Å². The normalized spacial score (nSPS) is 16.1. The van der Waals surface area contributed by atoms with E-state index in [4.69, 9.17) is 4.74 Å². The molecule has 0 aromatic heterocycles. The lowest BCUT2D eigenvalue weighted by atomic mass is 9.86. The Morgan fingerprint density at radius 3 is 2.23 bits per heavy atom. The van der Waals surface area contributed by atoms with Crippen molar-refractivity contribution in [3.05, 3.63) is 89.5 Å². The summed E-state index contributed by atoms with van der Waals surface area (Å²) in [6.45, 7) is 9.17. The van der Waals surface area contributed by atoms with E-state index < -0.39 is 0 Å². The summed E-state index contributed by atoms with van der Waals surface area (Å²) in [6.07, 6.45) is -0.292. The maximum Gasteiger partial charge on any atom is 0.262 e. The van der Waals surface area contributed by atoms with Gasteiger partial charge in [0, 0.05) is 11.4 Å². The summed E-state index contributed by atoms with van der Waals surface area (Å²) in [5, 5.41) is 3.56. The molecule has 1 heterocycles. The zero-order valence-corrected chi connectivity index (χ0v) is 18.0. The third-order valence-electron chi connectivity index (χ3n) is 5.45. The number of hydrogen-bond acceptors (Lipinski definition) is 3. The second-order valence-electron chi connectivity index (χ2n) is 8.57. The van der Waals surface area contributed by atoms with Gasteiger partial charge in [0.15, 0.2) is 0 Å². The SMILES string of the molecule is CCOc1ccc(N2C(=O)c3ccccc3N[C@@H]2c2ccc(C(C)(C)C)cc2)cc1. The largest absolute Gasteiger partial charge is 0.494 e. The highest BCUT2D eigenvalue weighted by Crippen LogP contribution is 2.37. The number of anilines is 2. The molecule has 1 aliphatic heterocycles.